The van der Waals surface area contributed by atoms with E-state index in [1.54, 1.807) is 0 Å². The summed E-state index contributed by atoms with van der Waals surface area (Å²) in [6.07, 6.45) is -2.85. The summed E-state index contributed by atoms with van der Waals surface area (Å²) in [4.78, 5) is 10.6. The molecule has 1 atom stereocenters. The maximum Gasteiger partial charge on any atom is 0.328 e. The SMILES string of the molecule is Cc1nn([C@H](C)C(=O)O)c(C(F)F)c1Cl. The lowest BCUT2D eigenvalue weighted by molar-refractivity contribution is -0.140. The molecule has 0 fully saturated rings. The smallest absolute Gasteiger partial charge is 0.328 e. The van der Waals surface area contributed by atoms with Gasteiger partial charge in [-0.1, -0.05) is 11.6 Å². The molecule has 1 rings (SSSR count). The fourth-order valence-electron chi connectivity index (χ4n) is 1.14. The Morgan fingerprint density at radius 2 is 2.13 bits per heavy atom. The van der Waals surface area contributed by atoms with E-state index in [-0.39, 0.29) is 10.7 Å². The van der Waals surface area contributed by atoms with E-state index in [1.807, 2.05) is 0 Å². The van der Waals surface area contributed by atoms with Crippen LogP contribution in [0.25, 0.3) is 0 Å². The van der Waals surface area contributed by atoms with Gasteiger partial charge in [0.05, 0.1) is 10.7 Å². The third kappa shape index (κ3) is 2.09. The topological polar surface area (TPSA) is 55.1 Å². The van der Waals surface area contributed by atoms with Crippen LogP contribution in [0, 0.1) is 6.92 Å². The standard InChI is InChI=1S/C8H9ClF2N2O2/c1-3-5(9)6(7(10)11)13(12-3)4(2)8(14)15/h4,7H,1-2H3,(H,14,15)/t4-/m1/s1. The molecule has 4 nitrogen and oxygen atoms in total. The summed E-state index contributed by atoms with van der Waals surface area (Å²) >= 11 is 5.60. The van der Waals surface area contributed by atoms with Gasteiger partial charge in [-0.15, -0.1) is 0 Å². The van der Waals surface area contributed by atoms with Crippen LogP contribution in [0.3, 0.4) is 0 Å². The average molecular weight is 239 g/mol. The quantitative estimate of drug-likeness (QED) is 0.880. The van der Waals surface area contributed by atoms with Gasteiger partial charge in [-0.3, -0.25) is 0 Å². The molecule has 0 aliphatic carbocycles. The van der Waals surface area contributed by atoms with Crippen molar-refractivity contribution in [1.82, 2.24) is 9.78 Å². The highest BCUT2D eigenvalue weighted by molar-refractivity contribution is 6.31. The van der Waals surface area contributed by atoms with E-state index < -0.39 is 24.1 Å². The predicted molar refractivity (Wildman–Crippen MR) is 49.3 cm³/mol. The summed E-state index contributed by atoms with van der Waals surface area (Å²) in [5.74, 6) is -1.24. The molecule has 0 saturated heterocycles. The second kappa shape index (κ2) is 4.14. The largest absolute Gasteiger partial charge is 0.480 e. The number of aliphatic carboxylic acids is 1. The summed E-state index contributed by atoms with van der Waals surface area (Å²) < 4.78 is 25.9. The van der Waals surface area contributed by atoms with Crippen LogP contribution in [-0.4, -0.2) is 20.9 Å². The molecule has 0 bridgehead atoms. The van der Waals surface area contributed by atoms with E-state index in [9.17, 15) is 13.6 Å². The number of rotatable bonds is 3. The third-order valence-corrected chi connectivity index (χ3v) is 2.45. The number of carboxylic acids is 1. The van der Waals surface area contributed by atoms with Crippen LogP contribution in [0.4, 0.5) is 8.78 Å². The minimum Gasteiger partial charge on any atom is -0.480 e. The van der Waals surface area contributed by atoms with E-state index in [1.165, 1.54) is 13.8 Å². The van der Waals surface area contributed by atoms with Gasteiger partial charge < -0.3 is 5.11 Å². The number of nitrogens with zero attached hydrogens (tertiary/aromatic N) is 2. The first kappa shape index (κ1) is 11.9. The molecule has 1 aromatic heterocycles. The molecule has 1 N–H and O–H groups in total. The normalized spacial score (nSPS) is 13.2. The van der Waals surface area contributed by atoms with Crippen LogP contribution in [0.5, 0.6) is 0 Å². The molecule has 0 aliphatic rings. The number of carbonyl (C=O) groups is 1. The molecular formula is C8H9ClF2N2O2. The summed E-state index contributed by atoms with van der Waals surface area (Å²) in [7, 11) is 0. The molecule has 0 radical (unpaired) electrons. The van der Waals surface area contributed by atoms with Crippen molar-refractivity contribution in [3.63, 3.8) is 0 Å². The zero-order valence-electron chi connectivity index (χ0n) is 8.04. The second-order valence-electron chi connectivity index (χ2n) is 3.04. The first-order valence-corrected chi connectivity index (χ1v) is 4.49. The van der Waals surface area contributed by atoms with Gasteiger partial charge in [0.25, 0.3) is 6.43 Å². The lowest BCUT2D eigenvalue weighted by Gasteiger charge is -2.10. The van der Waals surface area contributed by atoms with Crippen LogP contribution < -0.4 is 0 Å². The van der Waals surface area contributed by atoms with E-state index in [2.05, 4.69) is 5.10 Å². The maximum absolute atomic E-state index is 12.6. The monoisotopic (exact) mass is 238 g/mol. The van der Waals surface area contributed by atoms with E-state index in [0.29, 0.717) is 0 Å². The zero-order valence-corrected chi connectivity index (χ0v) is 8.79. The fraction of sp³-hybridized carbons (Fsp3) is 0.500. The van der Waals surface area contributed by atoms with Crippen molar-refractivity contribution in [3.8, 4) is 0 Å². The maximum atomic E-state index is 12.6. The number of carboxylic acid groups (broad SMARTS) is 1. The molecule has 84 valence electrons. The fourth-order valence-corrected chi connectivity index (χ4v) is 1.35. The van der Waals surface area contributed by atoms with Crippen LogP contribution in [0.2, 0.25) is 5.02 Å². The van der Waals surface area contributed by atoms with Crippen molar-refractivity contribution < 1.29 is 18.7 Å². The van der Waals surface area contributed by atoms with Crippen molar-refractivity contribution in [2.75, 3.05) is 0 Å². The lowest BCUT2D eigenvalue weighted by atomic mass is 10.3. The van der Waals surface area contributed by atoms with Crippen molar-refractivity contribution in [1.29, 1.82) is 0 Å². The molecular weight excluding hydrogens is 230 g/mol. The van der Waals surface area contributed by atoms with Crippen LogP contribution in [-0.2, 0) is 4.79 Å². The predicted octanol–water partition coefficient (Wildman–Crippen LogP) is 2.43. The van der Waals surface area contributed by atoms with Crippen LogP contribution >= 0.6 is 11.6 Å². The van der Waals surface area contributed by atoms with Gasteiger partial charge in [-0.05, 0) is 13.8 Å². The average Bonchev–Trinajstić information content (AvgIpc) is 2.41. The Morgan fingerprint density at radius 3 is 2.53 bits per heavy atom. The number of hydrogen-bond acceptors (Lipinski definition) is 2. The number of halogens is 3. The van der Waals surface area contributed by atoms with E-state index in [4.69, 9.17) is 16.7 Å². The Morgan fingerprint density at radius 1 is 1.60 bits per heavy atom. The molecule has 7 heteroatoms. The molecule has 0 aliphatic heterocycles. The molecule has 0 spiro atoms. The van der Waals surface area contributed by atoms with E-state index >= 15 is 0 Å². The van der Waals surface area contributed by atoms with Crippen molar-refractivity contribution in [2.24, 2.45) is 0 Å². The highest BCUT2D eigenvalue weighted by Crippen LogP contribution is 2.31. The number of alkyl halides is 2. The second-order valence-corrected chi connectivity index (χ2v) is 3.42. The van der Waals surface area contributed by atoms with Crippen LogP contribution in [0.15, 0.2) is 0 Å². The molecule has 0 unspecified atom stereocenters. The van der Waals surface area contributed by atoms with Gasteiger partial charge in [0.15, 0.2) is 0 Å². The highest BCUT2D eigenvalue weighted by Gasteiger charge is 2.27. The van der Waals surface area contributed by atoms with Crippen molar-refractivity contribution in [2.45, 2.75) is 26.3 Å². The summed E-state index contributed by atoms with van der Waals surface area (Å²) in [6, 6.07) is -1.17. The number of hydrogen-bond donors (Lipinski definition) is 1. The van der Waals surface area contributed by atoms with Gasteiger partial charge >= 0.3 is 5.97 Å². The highest BCUT2D eigenvalue weighted by atomic mass is 35.5. The first-order chi connectivity index (χ1) is 6.86. The first-order valence-electron chi connectivity index (χ1n) is 4.11. The molecule has 0 aromatic carbocycles. The van der Waals surface area contributed by atoms with E-state index in [0.717, 1.165) is 4.68 Å². The molecule has 15 heavy (non-hydrogen) atoms. The Hall–Kier alpha value is -1.17. The Balaban J connectivity index is 3.29. The summed E-state index contributed by atoms with van der Waals surface area (Å²) in [6.45, 7) is 2.70. The molecule has 1 heterocycles. The minimum absolute atomic E-state index is 0.182. The Labute approximate surface area is 89.5 Å². The number of aromatic nitrogens is 2. The Kier molecular flexibility index (Phi) is 3.28. The lowest BCUT2D eigenvalue weighted by Crippen LogP contribution is -2.19. The van der Waals surface area contributed by atoms with Crippen molar-refractivity contribution in [3.05, 3.63) is 16.4 Å². The van der Waals surface area contributed by atoms with Gasteiger partial charge in [-0.25, -0.2) is 18.3 Å². The molecule has 1 aromatic rings. The van der Waals surface area contributed by atoms with Gasteiger partial charge in [0.2, 0.25) is 0 Å². The number of aryl methyl sites for hydroxylation is 1. The van der Waals surface area contributed by atoms with Crippen LogP contribution in [0.1, 0.15) is 30.8 Å². The summed E-state index contributed by atoms with van der Waals surface area (Å²) in [5.41, 5.74) is -0.357. The van der Waals surface area contributed by atoms with Gasteiger partial charge in [0, 0.05) is 0 Å². The summed E-state index contributed by atoms with van der Waals surface area (Å²) in [5, 5.41) is 12.2. The van der Waals surface area contributed by atoms with Crippen molar-refractivity contribution >= 4 is 17.6 Å². The minimum atomic E-state index is -2.85. The third-order valence-electron chi connectivity index (χ3n) is 1.98. The Bertz CT molecular complexity index is 392. The molecule has 0 amide bonds. The molecule has 0 saturated carbocycles. The van der Waals surface area contributed by atoms with Gasteiger partial charge in [0.1, 0.15) is 11.7 Å². The zero-order chi connectivity index (χ0) is 11.7. The van der Waals surface area contributed by atoms with Gasteiger partial charge in [-0.2, -0.15) is 5.10 Å².